The molecule has 4 rings (SSSR count). The van der Waals surface area contributed by atoms with E-state index in [0.29, 0.717) is 19.6 Å². The molecule has 1 aliphatic rings. The molecular weight excluding hydrogens is 362 g/mol. The zero-order valence-electron chi connectivity index (χ0n) is 17.3. The lowest BCUT2D eigenvalue weighted by atomic mass is 10.1. The van der Waals surface area contributed by atoms with E-state index in [1.165, 1.54) is 11.1 Å². The number of aromatic nitrogens is 1. The molecule has 0 radical (unpaired) electrons. The van der Waals surface area contributed by atoms with Gasteiger partial charge in [-0.15, -0.1) is 0 Å². The van der Waals surface area contributed by atoms with Crippen LogP contribution in [0.4, 0.5) is 0 Å². The van der Waals surface area contributed by atoms with Crippen LogP contribution < -0.4 is 5.56 Å². The molecule has 2 heterocycles. The lowest BCUT2D eigenvalue weighted by Gasteiger charge is -2.34. The van der Waals surface area contributed by atoms with Gasteiger partial charge in [0.1, 0.15) is 0 Å². The van der Waals surface area contributed by atoms with E-state index >= 15 is 0 Å². The molecule has 0 aliphatic carbocycles. The average Bonchev–Trinajstić information content (AvgIpc) is 2.71. The molecule has 0 bridgehead atoms. The van der Waals surface area contributed by atoms with Gasteiger partial charge in [0.15, 0.2) is 0 Å². The van der Waals surface area contributed by atoms with E-state index in [9.17, 15) is 9.59 Å². The lowest BCUT2D eigenvalue weighted by molar-refractivity contribution is 0.0628. The Balaban J connectivity index is 1.43. The third kappa shape index (κ3) is 4.10. The summed E-state index contributed by atoms with van der Waals surface area (Å²) < 4.78 is 0. The van der Waals surface area contributed by atoms with Crippen molar-refractivity contribution in [2.24, 2.45) is 0 Å². The van der Waals surface area contributed by atoms with Gasteiger partial charge >= 0.3 is 0 Å². The number of nitrogens with one attached hydrogen (secondary N) is 1. The molecule has 29 heavy (non-hydrogen) atoms. The minimum Gasteiger partial charge on any atom is -0.336 e. The maximum Gasteiger partial charge on any atom is 0.253 e. The summed E-state index contributed by atoms with van der Waals surface area (Å²) in [5.74, 6) is 0.0896. The average molecular weight is 389 g/mol. The third-order valence-electron chi connectivity index (χ3n) is 5.88. The summed E-state index contributed by atoms with van der Waals surface area (Å²) in [5, 5.41) is 1.06. The largest absolute Gasteiger partial charge is 0.336 e. The van der Waals surface area contributed by atoms with Crippen molar-refractivity contribution in [3.63, 3.8) is 0 Å². The molecule has 1 fully saturated rings. The van der Waals surface area contributed by atoms with Gasteiger partial charge in [-0.25, -0.2) is 0 Å². The number of pyridine rings is 1. The molecule has 1 aliphatic heterocycles. The SMILES string of the molecule is Cc1ccc2[nH]c(=O)c(CN3CCN(C(=O)c4ccc(C)c(C)c4)CC3)cc2c1. The van der Waals surface area contributed by atoms with E-state index < -0.39 is 0 Å². The van der Waals surface area contributed by atoms with Gasteiger partial charge in [-0.3, -0.25) is 14.5 Å². The molecule has 1 saturated heterocycles. The fourth-order valence-electron chi connectivity index (χ4n) is 3.90. The second-order valence-corrected chi connectivity index (χ2v) is 8.08. The summed E-state index contributed by atoms with van der Waals surface area (Å²) in [6.07, 6.45) is 0. The summed E-state index contributed by atoms with van der Waals surface area (Å²) in [7, 11) is 0. The summed E-state index contributed by atoms with van der Waals surface area (Å²) in [6.45, 7) is 9.63. The van der Waals surface area contributed by atoms with Crippen LogP contribution in [0, 0.1) is 20.8 Å². The fourth-order valence-corrected chi connectivity index (χ4v) is 3.90. The Morgan fingerprint density at radius 3 is 2.41 bits per heavy atom. The summed E-state index contributed by atoms with van der Waals surface area (Å²) >= 11 is 0. The van der Waals surface area contributed by atoms with Crippen LogP contribution in [0.25, 0.3) is 10.9 Å². The van der Waals surface area contributed by atoms with E-state index in [0.717, 1.165) is 40.7 Å². The molecule has 150 valence electrons. The number of carbonyl (C=O) groups is 1. The first kappa shape index (κ1) is 19.4. The molecule has 1 aromatic heterocycles. The number of aromatic amines is 1. The molecule has 5 heteroatoms. The number of hydrogen-bond donors (Lipinski definition) is 1. The highest BCUT2D eigenvalue weighted by molar-refractivity contribution is 5.94. The molecule has 0 atom stereocenters. The summed E-state index contributed by atoms with van der Waals surface area (Å²) in [5.41, 5.74) is 5.87. The van der Waals surface area contributed by atoms with Crippen molar-refractivity contribution in [1.82, 2.24) is 14.8 Å². The second kappa shape index (κ2) is 7.84. The number of rotatable bonds is 3. The van der Waals surface area contributed by atoms with E-state index in [4.69, 9.17) is 0 Å². The smallest absolute Gasteiger partial charge is 0.253 e. The van der Waals surface area contributed by atoms with Crippen LogP contribution in [0.1, 0.15) is 32.6 Å². The van der Waals surface area contributed by atoms with Crippen molar-refractivity contribution < 1.29 is 4.79 Å². The van der Waals surface area contributed by atoms with Gasteiger partial charge in [0.05, 0.1) is 0 Å². The maximum absolute atomic E-state index is 12.8. The quantitative estimate of drug-likeness (QED) is 0.747. The van der Waals surface area contributed by atoms with Crippen molar-refractivity contribution >= 4 is 16.8 Å². The Hall–Kier alpha value is -2.92. The van der Waals surface area contributed by atoms with Gasteiger partial charge in [-0.1, -0.05) is 17.7 Å². The predicted molar refractivity (Wildman–Crippen MR) is 116 cm³/mol. The van der Waals surface area contributed by atoms with Crippen LogP contribution in [0.15, 0.2) is 47.3 Å². The molecular formula is C24H27N3O2. The van der Waals surface area contributed by atoms with E-state index in [1.807, 2.05) is 48.2 Å². The number of piperazine rings is 1. The Kier molecular flexibility index (Phi) is 5.24. The van der Waals surface area contributed by atoms with Gasteiger partial charge in [-0.2, -0.15) is 0 Å². The number of aryl methyl sites for hydroxylation is 3. The first-order chi connectivity index (χ1) is 13.9. The molecule has 1 amide bonds. The van der Waals surface area contributed by atoms with E-state index in [-0.39, 0.29) is 11.5 Å². The standard InChI is InChI=1S/C24H27N3O2/c1-16-4-7-22-20(12-16)14-21(23(28)25-22)15-26-8-10-27(11-9-26)24(29)19-6-5-17(2)18(3)13-19/h4-7,12-14H,8-11,15H2,1-3H3,(H,25,28). The Morgan fingerprint density at radius 1 is 0.931 bits per heavy atom. The number of amides is 1. The maximum atomic E-state index is 12.8. The zero-order valence-corrected chi connectivity index (χ0v) is 17.3. The van der Waals surface area contributed by atoms with Crippen molar-refractivity contribution in [3.05, 3.63) is 80.6 Å². The number of hydrogen-bond acceptors (Lipinski definition) is 3. The molecule has 3 aromatic rings. The normalized spacial score (nSPS) is 15.1. The monoisotopic (exact) mass is 389 g/mol. The van der Waals surface area contributed by atoms with Crippen LogP contribution in [0.2, 0.25) is 0 Å². The van der Waals surface area contributed by atoms with Crippen LogP contribution in [-0.2, 0) is 6.54 Å². The van der Waals surface area contributed by atoms with Gasteiger partial charge in [0, 0.05) is 49.4 Å². The zero-order chi connectivity index (χ0) is 20.5. The van der Waals surface area contributed by atoms with Crippen molar-refractivity contribution in [2.75, 3.05) is 26.2 Å². The highest BCUT2D eigenvalue weighted by Gasteiger charge is 2.23. The number of fused-ring (bicyclic) bond motifs is 1. The van der Waals surface area contributed by atoms with Crippen molar-refractivity contribution in [3.8, 4) is 0 Å². The van der Waals surface area contributed by atoms with Crippen molar-refractivity contribution in [2.45, 2.75) is 27.3 Å². The fraction of sp³-hybridized carbons (Fsp3) is 0.333. The summed E-state index contributed by atoms with van der Waals surface area (Å²) in [4.78, 5) is 32.4. The minimum atomic E-state index is -0.0324. The highest BCUT2D eigenvalue weighted by atomic mass is 16.2. The van der Waals surface area contributed by atoms with E-state index in [1.54, 1.807) is 0 Å². The Labute approximate surface area is 171 Å². The molecule has 0 saturated carbocycles. The highest BCUT2D eigenvalue weighted by Crippen LogP contribution is 2.16. The van der Waals surface area contributed by atoms with Gasteiger partial charge < -0.3 is 9.88 Å². The molecule has 0 spiro atoms. The van der Waals surface area contributed by atoms with E-state index in [2.05, 4.69) is 29.8 Å². The van der Waals surface area contributed by atoms with Crippen LogP contribution in [0.3, 0.4) is 0 Å². The second-order valence-electron chi connectivity index (χ2n) is 8.08. The Morgan fingerprint density at radius 2 is 1.69 bits per heavy atom. The Bertz CT molecular complexity index is 1120. The van der Waals surface area contributed by atoms with Gasteiger partial charge in [0.2, 0.25) is 0 Å². The number of H-pyrrole nitrogens is 1. The van der Waals surface area contributed by atoms with Crippen molar-refractivity contribution in [1.29, 1.82) is 0 Å². The third-order valence-corrected chi connectivity index (χ3v) is 5.88. The number of carbonyl (C=O) groups excluding carboxylic acids is 1. The number of nitrogens with zero attached hydrogens (tertiary/aromatic N) is 2. The number of benzene rings is 2. The minimum absolute atomic E-state index is 0.0324. The summed E-state index contributed by atoms with van der Waals surface area (Å²) in [6, 6.07) is 13.9. The topological polar surface area (TPSA) is 56.4 Å². The van der Waals surface area contributed by atoms with Gasteiger partial charge in [0.25, 0.3) is 11.5 Å². The van der Waals surface area contributed by atoms with Gasteiger partial charge in [-0.05, 0) is 67.6 Å². The molecule has 5 nitrogen and oxygen atoms in total. The molecule has 0 unspecified atom stereocenters. The molecule has 2 aromatic carbocycles. The lowest BCUT2D eigenvalue weighted by Crippen LogP contribution is -2.48. The first-order valence-electron chi connectivity index (χ1n) is 10.1. The predicted octanol–water partition coefficient (Wildman–Crippen LogP) is 3.41. The van der Waals surface area contributed by atoms with Crippen LogP contribution >= 0.6 is 0 Å². The molecule has 1 N–H and O–H groups in total. The first-order valence-corrected chi connectivity index (χ1v) is 10.1. The van der Waals surface area contributed by atoms with Crippen LogP contribution in [0.5, 0.6) is 0 Å². The van der Waals surface area contributed by atoms with Crippen LogP contribution in [-0.4, -0.2) is 46.9 Å².